The number of carbonyl (C=O) groups is 2. The van der Waals surface area contributed by atoms with Crippen LogP contribution in [-0.4, -0.2) is 50.4 Å². The highest BCUT2D eigenvalue weighted by Gasteiger charge is 2.35. The van der Waals surface area contributed by atoms with Gasteiger partial charge < -0.3 is 15.0 Å². The van der Waals surface area contributed by atoms with Crippen molar-refractivity contribution in [1.82, 2.24) is 10.2 Å². The van der Waals surface area contributed by atoms with Gasteiger partial charge in [-0.05, 0) is 68.7 Å². The maximum atomic E-state index is 14.1. The number of rotatable bonds is 14. The molecule has 2 amide bonds. The van der Waals surface area contributed by atoms with E-state index in [9.17, 15) is 22.4 Å². The molecule has 0 aliphatic rings. The summed E-state index contributed by atoms with van der Waals surface area (Å²) in [6, 6.07) is 19.1. The molecular weight excluding hydrogens is 545 g/mol. The average molecular weight is 584 g/mol. The monoisotopic (exact) mass is 583 g/mol. The van der Waals surface area contributed by atoms with Crippen molar-refractivity contribution in [1.29, 1.82) is 0 Å². The van der Waals surface area contributed by atoms with E-state index < -0.39 is 34.3 Å². The Bertz CT molecular complexity index is 1400. The number of benzene rings is 3. The molecule has 0 unspecified atom stereocenters. The highest BCUT2D eigenvalue weighted by Crippen LogP contribution is 2.33. The summed E-state index contributed by atoms with van der Waals surface area (Å²) in [5, 5.41) is 2.93. The first-order chi connectivity index (χ1) is 19.6. The lowest BCUT2D eigenvalue weighted by Crippen LogP contribution is -2.53. The van der Waals surface area contributed by atoms with Crippen LogP contribution in [0.2, 0.25) is 0 Å². The minimum Gasteiger partial charge on any atom is -0.492 e. The summed E-state index contributed by atoms with van der Waals surface area (Å²) in [5.41, 5.74) is 0.798. The molecule has 220 valence electrons. The highest BCUT2D eigenvalue weighted by molar-refractivity contribution is 7.92. The number of para-hydroxylation sites is 2. The fourth-order valence-corrected chi connectivity index (χ4v) is 5.77. The van der Waals surface area contributed by atoms with E-state index in [4.69, 9.17) is 4.74 Å². The third kappa shape index (κ3) is 8.07. The molecule has 10 heteroatoms. The zero-order valence-corrected chi connectivity index (χ0v) is 24.7. The molecule has 0 saturated carbocycles. The van der Waals surface area contributed by atoms with Crippen molar-refractivity contribution in [3.8, 4) is 5.75 Å². The van der Waals surface area contributed by atoms with Crippen LogP contribution in [0.25, 0.3) is 0 Å². The van der Waals surface area contributed by atoms with E-state index in [1.54, 1.807) is 56.3 Å². The first-order valence-electron chi connectivity index (χ1n) is 13.8. The Morgan fingerprint density at radius 2 is 1.54 bits per heavy atom. The van der Waals surface area contributed by atoms with Crippen molar-refractivity contribution < 1.29 is 27.1 Å². The van der Waals surface area contributed by atoms with E-state index in [1.165, 1.54) is 41.3 Å². The topological polar surface area (TPSA) is 96.0 Å². The van der Waals surface area contributed by atoms with Crippen LogP contribution in [0.15, 0.2) is 83.8 Å². The maximum absolute atomic E-state index is 14.1. The number of amides is 2. The van der Waals surface area contributed by atoms with E-state index in [2.05, 4.69) is 5.32 Å². The standard InChI is InChI=1S/C31H38FN3O5S/c1-5-23(4)33-31(37)27(6-2)34(21-24-17-19-25(32)20-18-24)30(36)22-35(28-15-11-12-16-29(28)40-7-3)41(38,39)26-13-9-8-10-14-26/h8-20,23,27H,5-7,21-22H2,1-4H3,(H,33,37)/t23-,27-/m1/s1. The predicted molar refractivity (Wildman–Crippen MR) is 158 cm³/mol. The Labute approximate surface area is 242 Å². The summed E-state index contributed by atoms with van der Waals surface area (Å²) >= 11 is 0. The van der Waals surface area contributed by atoms with Gasteiger partial charge in [0.15, 0.2) is 0 Å². The SMILES string of the molecule is CCOc1ccccc1N(CC(=O)N(Cc1ccc(F)cc1)[C@H](CC)C(=O)N[C@H](C)CC)S(=O)(=O)c1ccccc1. The molecule has 2 atom stereocenters. The van der Waals surface area contributed by atoms with Gasteiger partial charge in [0, 0.05) is 12.6 Å². The number of nitrogens with zero attached hydrogens (tertiary/aromatic N) is 2. The van der Waals surface area contributed by atoms with Crippen LogP contribution in [0.5, 0.6) is 5.75 Å². The van der Waals surface area contributed by atoms with Crippen LogP contribution >= 0.6 is 0 Å². The number of anilines is 1. The van der Waals surface area contributed by atoms with Gasteiger partial charge in [-0.2, -0.15) is 0 Å². The maximum Gasteiger partial charge on any atom is 0.264 e. The van der Waals surface area contributed by atoms with Crippen LogP contribution in [0, 0.1) is 5.82 Å². The molecule has 0 radical (unpaired) electrons. The second-order valence-corrected chi connectivity index (χ2v) is 11.5. The summed E-state index contributed by atoms with van der Waals surface area (Å²) in [4.78, 5) is 28.8. The Hall–Kier alpha value is -3.92. The van der Waals surface area contributed by atoms with E-state index in [-0.39, 0.29) is 42.1 Å². The largest absolute Gasteiger partial charge is 0.492 e. The number of carbonyl (C=O) groups excluding carboxylic acids is 2. The Kier molecular flexibility index (Phi) is 11.3. The van der Waals surface area contributed by atoms with Crippen LogP contribution in [0.4, 0.5) is 10.1 Å². The highest BCUT2D eigenvalue weighted by atomic mass is 32.2. The van der Waals surface area contributed by atoms with Crippen molar-refractivity contribution in [3.63, 3.8) is 0 Å². The number of halogens is 1. The van der Waals surface area contributed by atoms with Gasteiger partial charge >= 0.3 is 0 Å². The lowest BCUT2D eigenvalue weighted by atomic mass is 10.1. The predicted octanol–water partition coefficient (Wildman–Crippen LogP) is 5.14. The van der Waals surface area contributed by atoms with Gasteiger partial charge in [0.25, 0.3) is 10.0 Å². The van der Waals surface area contributed by atoms with E-state index in [0.717, 1.165) is 4.31 Å². The average Bonchev–Trinajstić information content (AvgIpc) is 2.97. The quantitative estimate of drug-likeness (QED) is 0.284. The van der Waals surface area contributed by atoms with Gasteiger partial charge in [0.2, 0.25) is 11.8 Å². The number of sulfonamides is 1. The molecule has 41 heavy (non-hydrogen) atoms. The molecule has 0 heterocycles. The Balaban J connectivity index is 2.09. The van der Waals surface area contributed by atoms with Crippen molar-refractivity contribution in [2.24, 2.45) is 0 Å². The van der Waals surface area contributed by atoms with Gasteiger partial charge in [-0.1, -0.05) is 56.3 Å². The summed E-state index contributed by atoms with van der Waals surface area (Å²) in [5.74, 6) is -1.06. The summed E-state index contributed by atoms with van der Waals surface area (Å²) in [7, 11) is -4.22. The normalized spacial score (nSPS) is 12.7. The molecule has 0 aromatic heterocycles. The molecule has 0 aliphatic carbocycles. The summed E-state index contributed by atoms with van der Waals surface area (Å²) in [6.07, 6.45) is 0.988. The lowest BCUT2D eigenvalue weighted by Gasteiger charge is -2.34. The lowest BCUT2D eigenvalue weighted by molar-refractivity contribution is -0.140. The molecule has 0 saturated heterocycles. The van der Waals surface area contributed by atoms with E-state index in [0.29, 0.717) is 17.7 Å². The van der Waals surface area contributed by atoms with Crippen LogP contribution in [0.1, 0.15) is 46.1 Å². The molecule has 0 fully saturated rings. The van der Waals surface area contributed by atoms with Crippen LogP contribution < -0.4 is 14.4 Å². The molecule has 0 bridgehead atoms. The smallest absolute Gasteiger partial charge is 0.264 e. The Morgan fingerprint density at radius 3 is 2.15 bits per heavy atom. The van der Waals surface area contributed by atoms with Gasteiger partial charge in [-0.15, -0.1) is 0 Å². The van der Waals surface area contributed by atoms with Gasteiger partial charge in [-0.3, -0.25) is 13.9 Å². The van der Waals surface area contributed by atoms with Crippen molar-refractivity contribution in [2.75, 3.05) is 17.5 Å². The van der Waals surface area contributed by atoms with Crippen molar-refractivity contribution >= 4 is 27.5 Å². The number of nitrogens with one attached hydrogen (secondary N) is 1. The molecule has 3 aromatic rings. The van der Waals surface area contributed by atoms with Crippen molar-refractivity contribution in [2.45, 2.75) is 64.1 Å². The van der Waals surface area contributed by atoms with Crippen molar-refractivity contribution in [3.05, 3.63) is 90.2 Å². The van der Waals surface area contributed by atoms with E-state index in [1.807, 2.05) is 13.8 Å². The first-order valence-corrected chi connectivity index (χ1v) is 15.2. The minimum absolute atomic E-state index is 0.00532. The molecule has 8 nitrogen and oxygen atoms in total. The molecule has 0 aliphatic heterocycles. The molecule has 3 rings (SSSR count). The van der Waals surface area contributed by atoms with Crippen LogP contribution in [0.3, 0.4) is 0 Å². The fraction of sp³-hybridized carbons (Fsp3) is 0.355. The zero-order valence-electron chi connectivity index (χ0n) is 23.9. The fourth-order valence-electron chi connectivity index (χ4n) is 4.32. The molecule has 3 aromatic carbocycles. The third-order valence-electron chi connectivity index (χ3n) is 6.70. The Morgan fingerprint density at radius 1 is 0.902 bits per heavy atom. The number of hydrogen-bond acceptors (Lipinski definition) is 5. The zero-order chi connectivity index (χ0) is 30.0. The molecular formula is C31H38FN3O5S. The minimum atomic E-state index is -4.22. The first kappa shape index (κ1) is 31.6. The summed E-state index contributed by atoms with van der Waals surface area (Å²) < 4.78 is 48.4. The molecule has 0 spiro atoms. The van der Waals surface area contributed by atoms with Crippen LogP contribution in [-0.2, 0) is 26.2 Å². The third-order valence-corrected chi connectivity index (χ3v) is 8.47. The van der Waals surface area contributed by atoms with Gasteiger partial charge in [0.1, 0.15) is 24.2 Å². The number of hydrogen-bond donors (Lipinski definition) is 1. The second-order valence-electron chi connectivity index (χ2n) is 9.62. The van der Waals surface area contributed by atoms with Gasteiger partial charge in [0.05, 0.1) is 17.2 Å². The second kappa shape index (κ2) is 14.6. The number of ether oxygens (including phenoxy) is 1. The summed E-state index contributed by atoms with van der Waals surface area (Å²) in [6.45, 7) is 7.06. The van der Waals surface area contributed by atoms with E-state index >= 15 is 0 Å². The molecule has 1 N–H and O–H groups in total. The van der Waals surface area contributed by atoms with Gasteiger partial charge in [-0.25, -0.2) is 12.8 Å².